The van der Waals surface area contributed by atoms with Gasteiger partial charge in [0.25, 0.3) is 0 Å². The predicted octanol–water partition coefficient (Wildman–Crippen LogP) is -0.859. The van der Waals surface area contributed by atoms with E-state index in [4.69, 9.17) is 0 Å². The molecule has 10 heteroatoms. The molecule has 9 rings (SSSR count). The normalized spacial score (nSPS) is 37.9. The Balaban J connectivity index is 1.70. The summed E-state index contributed by atoms with van der Waals surface area (Å²) in [6.07, 6.45) is 15.9. The molecule has 4 bridgehead atoms. The fourth-order valence-electron chi connectivity index (χ4n) is 6.84. The average molecular weight is 406 g/mol. The van der Waals surface area contributed by atoms with Gasteiger partial charge in [0.2, 0.25) is 0 Å². The minimum absolute atomic E-state index is 0.381. The topological polar surface area (TPSA) is 97.9 Å². The van der Waals surface area contributed by atoms with Gasteiger partial charge in [-0.3, -0.25) is 0 Å². The molecule has 152 valence electrons. The maximum absolute atomic E-state index is 13.0. The molecule has 3 aliphatic carbocycles. The third-order valence-electron chi connectivity index (χ3n) is 7.96. The Morgan fingerprint density at radius 2 is 0.833 bits per heavy atom. The van der Waals surface area contributed by atoms with Crippen molar-refractivity contribution < 1.29 is 0 Å². The molecule has 4 aliphatic heterocycles. The van der Waals surface area contributed by atoms with Crippen LogP contribution in [0.3, 0.4) is 0 Å². The number of nitrogens with zero attached hydrogens (tertiary/aromatic N) is 6. The lowest BCUT2D eigenvalue weighted by molar-refractivity contribution is -0.118. The molecule has 0 spiro atoms. The van der Waals surface area contributed by atoms with Gasteiger partial charge in [-0.25, -0.2) is 47.0 Å². The van der Waals surface area contributed by atoms with E-state index in [0.717, 1.165) is 9.13 Å². The van der Waals surface area contributed by atoms with Crippen LogP contribution in [0.1, 0.15) is 24.2 Å². The number of allylic oxidation sites excluding steroid dienone is 8. The van der Waals surface area contributed by atoms with Gasteiger partial charge >= 0.3 is 22.8 Å². The largest absolute Gasteiger partial charge is 0.347 e. The highest BCUT2D eigenvalue weighted by Gasteiger charge is 2.74. The monoisotopic (exact) mass is 406 g/mol. The molecule has 4 atom stereocenters. The summed E-state index contributed by atoms with van der Waals surface area (Å²) in [6.45, 7) is 0. The van der Waals surface area contributed by atoms with E-state index in [1.54, 1.807) is 0 Å². The van der Waals surface area contributed by atoms with Crippen LogP contribution in [-0.2, 0) is 14.1 Å². The van der Waals surface area contributed by atoms with Gasteiger partial charge in [0, 0.05) is 14.1 Å². The van der Waals surface area contributed by atoms with Crippen molar-refractivity contribution in [2.45, 2.75) is 24.2 Å². The lowest BCUT2D eigenvalue weighted by Crippen LogP contribution is -2.71. The van der Waals surface area contributed by atoms with E-state index in [-0.39, 0.29) is 22.8 Å². The van der Waals surface area contributed by atoms with Gasteiger partial charge in [0.1, 0.15) is 0 Å². The van der Waals surface area contributed by atoms with Crippen molar-refractivity contribution in [3.63, 3.8) is 0 Å². The number of hydrogen-bond donors (Lipinski definition) is 0. The first-order valence-corrected chi connectivity index (χ1v) is 9.91. The summed E-state index contributed by atoms with van der Waals surface area (Å²) in [6, 6.07) is -1.89. The van der Waals surface area contributed by atoms with Crippen LogP contribution in [0.2, 0.25) is 0 Å². The molecule has 0 fully saturated rings. The molecular weight excluding hydrogens is 388 g/mol. The van der Waals surface area contributed by atoms with Crippen LogP contribution in [0.4, 0.5) is 0 Å². The average Bonchev–Trinajstić information content (AvgIpc) is 3.15. The van der Waals surface area contributed by atoms with Gasteiger partial charge in [-0.2, -0.15) is 0 Å². The minimum atomic E-state index is -0.699. The predicted molar refractivity (Wildman–Crippen MR) is 105 cm³/mol. The molecule has 4 unspecified atom stereocenters. The van der Waals surface area contributed by atoms with Gasteiger partial charge in [0.05, 0.1) is 35.0 Å². The SMILES string of the molecule is Cn1c(=O)n2n(c1=O)C1C=CC2C23C=CC=CC12C1C=CC3n2c(=O)n(C)c(=O)n21. The van der Waals surface area contributed by atoms with Gasteiger partial charge in [-0.05, 0) is 0 Å². The van der Waals surface area contributed by atoms with E-state index in [0.29, 0.717) is 0 Å². The molecular formula is C20H18N6O4. The second-order valence-electron chi connectivity index (χ2n) is 8.76. The Kier molecular flexibility index (Phi) is 2.41. The highest BCUT2D eigenvalue weighted by atomic mass is 16.2. The maximum Gasteiger partial charge on any atom is 0.347 e. The number of hydrogen-bond acceptors (Lipinski definition) is 4. The van der Waals surface area contributed by atoms with Crippen LogP contribution in [-0.4, -0.2) is 27.9 Å². The summed E-state index contributed by atoms with van der Waals surface area (Å²) in [5.74, 6) is 0. The van der Waals surface area contributed by atoms with E-state index in [2.05, 4.69) is 12.2 Å². The first-order valence-electron chi connectivity index (χ1n) is 9.91. The summed E-state index contributed by atoms with van der Waals surface area (Å²) in [4.78, 5) is 52.1. The molecule has 0 N–H and O–H groups in total. The van der Waals surface area contributed by atoms with Crippen LogP contribution in [0.15, 0.2) is 67.8 Å². The molecule has 6 heterocycles. The number of aromatic nitrogens is 6. The summed E-state index contributed by atoms with van der Waals surface area (Å²) in [5.41, 5.74) is -2.92. The van der Waals surface area contributed by atoms with E-state index >= 15 is 0 Å². The van der Waals surface area contributed by atoms with Crippen molar-refractivity contribution in [3.05, 3.63) is 90.5 Å². The first-order chi connectivity index (χ1) is 14.4. The zero-order valence-corrected chi connectivity index (χ0v) is 16.2. The highest BCUT2D eigenvalue weighted by molar-refractivity contribution is 5.46. The smallest absolute Gasteiger partial charge is 0.246 e. The van der Waals surface area contributed by atoms with Gasteiger partial charge in [-0.1, -0.05) is 48.6 Å². The number of rotatable bonds is 0. The van der Waals surface area contributed by atoms with Crippen LogP contribution < -0.4 is 22.8 Å². The quantitative estimate of drug-likeness (QED) is 0.532. The third-order valence-corrected chi connectivity index (χ3v) is 7.96. The third kappa shape index (κ3) is 1.23. The minimum Gasteiger partial charge on any atom is -0.246 e. The maximum atomic E-state index is 13.0. The molecule has 30 heavy (non-hydrogen) atoms. The van der Waals surface area contributed by atoms with E-state index in [9.17, 15) is 19.2 Å². The van der Waals surface area contributed by atoms with E-state index < -0.39 is 35.0 Å². The Hall–Kier alpha value is -3.56. The Labute approximate surface area is 168 Å². The van der Waals surface area contributed by atoms with Crippen molar-refractivity contribution in [1.82, 2.24) is 27.9 Å². The van der Waals surface area contributed by atoms with E-state index in [1.807, 2.05) is 36.5 Å². The summed E-state index contributed by atoms with van der Waals surface area (Å²) < 4.78 is 8.36. The fourth-order valence-corrected chi connectivity index (χ4v) is 6.84. The fraction of sp³-hybridized carbons (Fsp3) is 0.400. The first kappa shape index (κ1) is 16.3. The molecule has 2 aromatic rings. The second-order valence-corrected chi connectivity index (χ2v) is 8.76. The summed E-state index contributed by atoms with van der Waals surface area (Å²) in [7, 11) is 2.96. The molecule has 10 nitrogen and oxygen atoms in total. The second kappa shape index (κ2) is 4.45. The summed E-state index contributed by atoms with van der Waals surface area (Å²) in [5, 5.41) is 0. The molecule has 0 radical (unpaired) electrons. The van der Waals surface area contributed by atoms with Gasteiger partial charge < -0.3 is 0 Å². The Bertz CT molecular complexity index is 1340. The highest BCUT2D eigenvalue weighted by Crippen LogP contribution is 2.74. The van der Waals surface area contributed by atoms with Crippen molar-refractivity contribution in [1.29, 1.82) is 0 Å². The molecule has 0 amide bonds. The zero-order chi connectivity index (χ0) is 20.7. The molecule has 7 aliphatic rings. The lowest BCUT2D eigenvalue weighted by Gasteiger charge is -2.68. The Morgan fingerprint density at radius 3 is 1.10 bits per heavy atom. The van der Waals surface area contributed by atoms with Crippen LogP contribution in [0.5, 0.6) is 0 Å². The molecule has 0 aromatic carbocycles. The molecule has 0 saturated heterocycles. The standard InChI is InChI=1S/C20H18N6O4/c1-21-15(27)23-11-5-6-12(24(23)16(21)28)20-10-4-3-9-19(11,20)13-7-8-14(20)26-18(30)22(2)17(29)25(13)26/h3-14H,1-2H3. The van der Waals surface area contributed by atoms with Crippen molar-refractivity contribution in [3.8, 4) is 0 Å². The molecule has 2 aromatic heterocycles. The van der Waals surface area contributed by atoms with Crippen LogP contribution >= 0.6 is 0 Å². The molecule has 0 saturated carbocycles. The van der Waals surface area contributed by atoms with E-state index in [1.165, 1.54) is 32.8 Å². The van der Waals surface area contributed by atoms with Crippen LogP contribution in [0, 0.1) is 10.8 Å². The lowest BCUT2D eigenvalue weighted by atomic mass is 9.43. The van der Waals surface area contributed by atoms with Crippen molar-refractivity contribution >= 4 is 0 Å². The summed E-state index contributed by atoms with van der Waals surface area (Å²) >= 11 is 0. The van der Waals surface area contributed by atoms with Crippen molar-refractivity contribution in [2.24, 2.45) is 24.9 Å². The van der Waals surface area contributed by atoms with Crippen LogP contribution in [0.25, 0.3) is 0 Å². The zero-order valence-electron chi connectivity index (χ0n) is 16.2. The van der Waals surface area contributed by atoms with Gasteiger partial charge in [-0.15, -0.1) is 0 Å². The van der Waals surface area contributed by atoms with Crippen molar-refractivity contribution in [2.75, 3.05) is 0 Å². The Morgan fingerprint density at radius 1 is 0.567 bits per heavy atom. The van der Waals surface area contributed by atoms with Gasteiger partial charge in [0.15, 0.2) is 0 Å².